The average molecular weight is 1710 g/mol. The Morgan fingerprint density at radius 2 is 0.490 bits per heavy atom. The van der Waals surface area contributed by atoms with Gasteiger partial charge in [-0.3, -0.25) is 0 Å². The summed E-state index contributed by atoms with van der Waals surface area (Å²) in [7, 11) is 0. The molecule has 18 rings (SSSR count). The molecule has 0 N–H and O–H groups in total. The number of benzene rings is 16. The molecule has 6 heteroatoms. The van der Waals surface area contributed by atoms with Crippen LogP contribution in [-0.4, -0.2) is 0 Å². The van der Waals surface area contributed by atoms with Gasteiger partial charge in [0.25, 0.3) is 0 Å². The third kappa shape index (κ3) is 14.6. The number of rotatable bonds is 2. The van der Waals surface area contributed by atoms with Crippen molar-refractivity contribution in [1.29, 1.82) is 0 Å². The second-order valence-electron chi connectivity index (χ2n) is 27.8. The summed E-state index contributed by atoms with van der Waals surface area (Å²) < 4.78 is 6.81. The standard InChI is InChI=1S/C22H18.C20H12Br2.C17H18.C15H12Br2.C12H12.C10H6Br2/c1-15-11-13-17-7-3-5-9-19(17)21(15)22-16(2)12-14-18-8-4-6-10-20(18)22;21-17-11-9-13-5-1-3-7-15(13)19(17)20-16-8-4-2-6-14(16)10-12-18(20)22;1-11-5-7-13-14-8-6-12(2)10-16(14)17(3,4)15(13)9-11;1-15(2)13-7-9(16)3-5-11(13)12-6-4-10(17)8-14(12)15;1-9-5-3-8-12-10(2)6-4-7-11(9)12;11-9-5-1-3-7-8(9)4-2-6-10(7)12/h3-14H,1-2H3;1-12H;5-10H,1-4H3;3-8H,1-2H3;3-8H,1-2H3;1-6H. The van der Waals surface area contributed by atoms with E-state index in [1.165, 1.54) is 165 Å². The molecule has 0 radical (unpaired) electrons. The van der Waals surface area contributed by atoms with Crippen LogP contribution in [0.4, 0.5) is 0 Å². The largest absolute Gasteiger partial charge is 0.0616 e. The molecule has 0 heterocycles. The van der Waals surface area contributed by atoms with Crippen molar-refractivity contribution in [2.45, 2.75) is 80.1 Å². The van der Waals surface area contributed by atoms with E-state index in [-0.39, 0.29) is 10.8 Å². The molecule has 0 aromatic heterocycles. The van der Waals surface area contributed by atoms with Gasteiger partial charge in [-0.05, 0) is 233 Å². The highest BCUT2D eigenvalue weighted by Gasteiger charge is 2.36. The smallest absolute Gasteiger partial charge is 0.0260 e. The summed E-state index contributed by atoms with van der Waals surface area (Å²) >= 11 is 21.7. The van der Waals surface area contributed by atoms with Crippen molar-refractivity contribution in [3.63, 3.8) is 0 Å². The first-order chi connectivity index (χ1) is 49.1. The van der Waals surface area contributed by atoms with E-state index in [2.05, 4.69) is 444 Å². The number of fused-ring (bicyclic) bond motifs is 12. The summed E-state index contributed by atoms with van der Waals surface area (Å²) in [6, 6.07) is 104. The molecular weight excluding hydrogens is 1630 g/mol. The molecule has 0 spiro atoms. The molecule has 0 atom stereocenters. The van der Waals surface area contributed by atoms with Crippen LogP contribution in [0.5, 0.6) is 0 Å². The fourth-order valence-electron chi connectivity index (χ4n) is 14.9. The van der Waals surface area contributed by atoms with Crippen LogP contribution in [0.1, 0.15) is 83.3 Å². The van der Waals surface area contributed by atoms with Gasteiger partial charge < -0.3 is 0 Å². The highest BCUT2D eigenvalue weighted by Crippen LogP contribution is 2.52. The van der Waals surface area contributed by atoms with Crippen LogP contribution in [0.3, 0.4) is 0 Å². The van der Waals surface area contributed by atoms with Gasteiger partial charge in [0, 0.05) is 48.8 Å². The zero-order valence-corrected chi connectivity index (χ0v) is 68.5. The molecule has 102 heavy (non-hydrogen) atoms. The number of hydrogen-bond donors (Lipinski definition) is 0. The van der Waals surface area contributed by atoms with Crippen LogP contribution in [-0.2, 0) is 10.8 Å². The van der Waals surface area contributed by atoms with Crippen molar-refractivity contribution in [2.75, 3.05) is 0 Å². The van der Waals surface area contributed by atoms with Crippen molar-refractivity contribution in [2.24, 2.45) is 0 Å². The molecule has 504 valence electrons. The molecule has 0 aliphatic heterocycles. The lowest BCUT2D eigenvalue weighted by atomic mass is 9.81. The molecular formula is C96H78Br6. The third-order valence-electron chi connectivity index (χ3n) is 20.3. The minimum absolute atomic E-state index is 0.0816. The van der Waals surface area contributed by atoms with E-state index in [1.54, 1.807) is 0 Å². The van der Waals surface area contributed by atoms with Gasteiger partial charge in [-0.1, -0.05) is 377 Å². The van der Waals surface area contributed by atoms with Crippen molar-refractivity contribution in [1.82, 2.24) is 0 Å². The van der Waals surface area contributed by atoms with Crippen LogP contribution in [0.25, 0.3) is 109 Å². The van der Waals surface area contributed by atoms with E-state index in [4.69, 9.17) is 0 Å². The second-order valence-corrected chi connectivity index (χ2v) is 33.0. The highest BCUT2D eigenvalue weighted by atomic mass is 79.9. The number of aryl methyl sites for hydroxylation is 6. The molecule has 0 amide bonds. The summed E-state index contributed by atoms with van der Waals surface area (Å²) in [5.41, 5.74) is 24.8. The van der Waals surface area contributed by atoms with Crippen LogP contribution >= 0.6 is 95.6 Å². The van der Waals surface area contributed by atoms with E-state index >= 15 is 0 Å². The summed E-state index contributed by atoms with van der Waals surface area (Å²) in [5, 5.41) is 15.5. The Morgan fingerprint density at radius 1 is 0.206 bits per heavy atom. The van der Waals surface area contributed by atoms with Crippen LogP contribution in [0.15, 0.2) is 318 Å². The fraction of sp³-hybridized carbons (Fsp3) is 0.125. The number of hydrogen-bond acceptors (Lipinski definition) is 0. The van der Waals surface area contributed by atoms with Gasteiger partial charge in [0.2, 0.25) is 0 Å². The van der Waals surface area contributed by atoms with E-state index < -0.39 is 0 Å². The van der Waals surface area contributed by atoms with E-state index in [9.17, 15) is 0 Å². The van der Waals surface area contributed by atoms with Crippen molar-refractivity contribution < 1.29 is 0 Å². The van der Waals surface area contributed by atoms with Gasteiger partial charge in [-0.15, -0.1) is 0 Å². The molecule has 0 unspecified atom stereocenters. The van der Waals surface area contributed by atoms with Crippen molar-refractivity contribution in [3.05, 3.63) is 374 Å². The van der Waals surface area contributed by atoms with Crippen molar-refractivity contribution in [3.8, 4) is 44.5 Å². The zero-order chi connectivity index (χ0) is 71.7. The van der Waals surface area contributed by atoms with E-state index in [1.807, 2.05) is 12.1 Å². The molecule has 0 bridgehead atoms. The molecule has 16 aromatic carbocycles. The Hall–Kier alpha value is -8.04. The number of halogens is 6. The lowest BCUT2D eigenvalue weighted by molar-refractivity contribution is 0.659. The minimum Gasteiger partial charge on any atom is -0.0616 e. The second kappa shape index (κ2) is 30.7. The van der Waals surface area contributed by atoms with Gasteiger partial charge in [-0.2, -0.15) is 0 Å². The third-order valence-corrected chi connectivity index (χ3v) is 24.0. The lowest BCUT2D eigenvalue weighted by Crippen LogP contribution is -2.15. The Kier molecular flexibility index (Phi) is 21.8. The zero-order valence-electron chi connectivity index (χ0n) is 59.0. The summed E-state index contributed by atoms with van der Waals surface area (Å²) in [5.74, 6) is 0. The first-order valence-electron chi connectivity index (χ1n) is 34.5. The Morgan fingerprint density at radius 3 is 0.853 bits per heavy atom. The fourth-order valence-corrected chi connectivity index (χ4v) is 17.7. The Bertz CT molecular complexity index is 5160. The van der Waals surface area contributed by atoms with E-state index in [0.717, 1.165) is 26.8 Å². The monoisotopic (exact) mass is 1700 g/mol. The Labute approximate surface area is 652 Å². The van der Waals surface area contributed by atoms with Crippen LogP contribution in [0, 0.1) is 41.5 Å². The van der Waals surface area contributed by atoms with Gasteiger partial charge in [-0.25, -0.2) is 0 Å². The predicted molar refractivity (Wildman–Crippen MR) is 464 cm³/mol. The van der Waals surface area contributed by atoms with E-state index in [0.29, 0.717) is 0 Å². The normalized spacial score (nSPS) is 12.5. The first-order valence-corrected chi connectivity index (χ1v) is 39.3. The molecule has 0 fully saturated rings. The SMILES string of the molecule is Brc1ccc2ccccc2c1-c1c(Br)ccc2ccccc12.Brc1cccc2c(Br)cccc12.CC1(C)c2cc(Br)ccc2-c2ccc(Br)cc21.Cc1ccc2c(c1)C(C)(C)c1cc(C)ccc1-2.Cc1ccc2ccccc2c1-c1c(C)ccc2ccccc12.Cc1cccc2c(C)cccc12. The molecule has 2 aliphatic rings. The maximum Gasteiger partial charge on any atom is 0.0260 e. The summed E-state index contributed by atoms with van der Waals surface area (Å²) in [4.78, 5) is 0. The molecule has 0 saturated heterocycles. The average Bonchev–Trinajstić information content (AvgIpc) is 0.845. The predicted octanol–water partition coefficient (Wildman–Crippen LogP) is 31.4. The topological polar surface area (TPSA) is 0 Å². The van der Waals surface area contributed by atoms with Crippen molar-refractivity contribution >= 4 is 160 Å². The molecule has 0 saturated carbocycles. The Balaban J connectivity index is 0.000000111. The lowest BCUT2D eigenvalue weighted by Gasteiger charge is -2.22. The molecule has 0 nitrogen and oxygen atoms in total. The maximum atomic E-state index is 3.75. The van der Waals surface area contributed by atoms with Gasteiger partial charge >= 0.3 is 0 Å². The van der Waals surface area contributed by atoms with Gasteiger partial charge in [0.1, 0.15) is 0 Å². The molecule has 2 aliphatic carbocycles. The summed E-state index contributed by atoms with van der Waals surface area (Å²) in [6.45, 7) is 22.3. The van der Waals surface area contributed by atoms with Crippen LogP contribution in [0.2, 0.25) is 0 Å². The van der Waals surface area contributed by atoms with Crippen LogP contribution < -0.4 is 0 Å². The maximum absolute atomic E-state index is 3.75. The highest BCUT2D eigenvalue weighted by molar-refractivity contribution is 9.11. The minimum atomic E-state index is 0.0816. The summed E-state index contributed by atoms with van der Waals surface area (Å²) in [6.07, 6.45) is 0. The first kappa shape index (κ1) is 72.3. The quantitative estimate of drug-likeness (QED) is 0.162. The van der Waals surface area contributed by atoms with Gasteiger partial charge in [0.15, 0.2) is 0 Å². The van der Waals surface area contributed by atoms with Gasteiger partial charge in [0.05, 0.1) is 0 Å². The molecule has 16 aromatic rings.